The van der Waals surface area contributed by atoms with Crippen LogP contribution in [0.5, 0.6) is 0 Å². The number of amides is 2. The highest BCUT2D eigenvalue weighted by Crippen LogP contribution is 2.41. The Kier molecular flexibility index (Phi) is 4.37. The van der Waals surface area contributed by atoms with Gasteiger partial charge in [0.1, 0.15) is 5.69 Å². The number of aryl methyl sites for hydroxylation is 1. The molecule has 7 heteroatoms. The van der Waals surface area contributed by atoms with Crippen molar-refractivity contribution in [1.29, 1.82) is 0 Å². The maximum Gasteiger partial charge on any atom is 0.270 e. The molecule has 1 N–H and O–H groups in total. The molecule has 142 valence electrons. The van der Waals surface area contributed by atoms with Crippen LogP contribution in [-0.4, -0.2) is 45.5 Å². The highest BCUT2D eigenvalue weighted by molar-refractivity contribution is 5.93. The highest BCUT2D eigenvalue weighted by atomic mass is 16.2. The summed E-state index contributed by atoms with van der Waals surface area (Å²) in [6, 6.07) is 8.88. The topological polar surface area (TPSA) is 76.3 Å². The average Bonchev–Trinajstić information content (AvgIpc) is 3.07. The van der Waals surface area contributed by atoms with Crippen molar-refractivity contribution in [1.82, 2.24) is 19.4 Å². The summed E-state index contributed by atoms with van der Waals surface area (Å²) in [6.45, 7) is 3.07. The van der Waals surface area contributed by atoms with Crippen molar-refractivity contribution < 1.29 is 9.59 Å². The van der Waals surface area contributed by atoms with Crippen LogP contribution in [0.15, 0.2) is 41.3 Å². The van der Waals surface area contributed by atoms with Gasteiger partial charge in [-0.15, -0.1) is 0 Å². The summed E-state index contributed by atoms with van der Waals surface area (Å²) in [5, 5.41) is 2.86. The molecule has 1 fully saturated rings. The maximum atomic E-state index is 13.0. The van der Waals surface area contributed by atoms with E-state index in [2.05, 4.69) is 5.32 Å². The summed E-state index contributed by atoms with van der Waals surface area (Å²) in [4.78, 5) is 38.9. The van der Waals surface area contributed by atoms with E-state index >= 15 is 0 Å². The molecular formula is C20H24N4O3. The number of piperidine rings is 1. The minimum Gasteiger partial charge on any atom is -0.354 e. The standard InChI is InChI=1S/C20H24N4O3/c1-13(25)21-10-18-15-9-14(16-5-3-7-19(26)24(16)18)11-23(12-15)20(27)17-6-4-8-22(17)2/h3-8,14-15,18H,9-12H2,1-2H3,(H,21,25)/t14-,15+,18+/m1/s1. The lowest BCUT2D eigenvalue weighted by molar-refractivity contribution is -0.119. The van der Waals surface area contributed by atoms with Crippen LogP contribution in [0.25, 0.3) is 0 Å². The molecule has 0 saturated carbocycles. The summed E-state index contributed by atoms with van der Waals surface area (Å²) in [5.41, 5.74) is 1.58. The van der Waals surface area contributed by atoms with Gasteiger partial charge in [0.15, 0.2) is 0 Å². The lowest BCUT2D eigenvalue weighted by atomic mass is 9.78. The van der Waals surface area contributed by atoms with Crippen molar-refractivity contribution >= 4 is 11.8 Å². The number of nitrogens with zero attached hydrogens (tertiary/aromatic N) is 3. The summed E-state index contributed by atoms with van der Waals surface area (Å²) in [7, 11) is 1.87. The van der Waals surface area contributed by atoms with Gasteiger partial charge >= 0.3 is 0 Å². The predicted molar refractivity (Wildman–Crippen MR) is 101 cm³/mol. The zero-order valence-corrected chi connectivity index (χ0v) is 15.6. The Morgan fingerprint density at radius 1 is 1.19 bits per heavy atom. The van der Waals surface area contributed by atoms with Crippen molar-refractivity contribution in [3.63, 3.8) is 0 Å². The number of carbonyl (C=O) groups is 2. The van der Waals surface area contributed by atoms with Gasteiger partial charge in [0.25, 0.3) is 11.5 Å². The number of nitrogens with one attached hydrogen (secondary N) is 1. The number of fused-ring (bicyclic) bond motifs is 4. The number of aromatic nitrogens is 2. The van der Waals surface area contributed by atoms with Crippen LogP contribution in [-0.2, 0) is 11.8 Å². The van der Waals surface area contributed by atoms with Crippen molar-refractivity contribution in [2.24, 2.45) is 13.0 Å². The van der Waals surface area contributed by atoms with Gasteiger partial charge in [0.2, 0.25) is 5.91 Å². The van der Waals surface area contributed by atoms with E-state index in [9.17, 15) is 14.4 Å². The summed E-state index contributed by atoms with van der Waals surface area (Å²) in [5.74, 6) is 0.167. The SMILES string of the molecule is CC(=O)NC[C@H]1[C@H]2C[C@H](CN(C(=O)c3cccn3C)C2)c2cccc(=O)n21. The van der Waals surface area contributed by atoms with Gasteiger partial charge < -0.3 is 19.4 Å². The minimum atomic E-state index is -0.141. The molecule has 2 aromatic rings. The Bertz CT molecular complexity index is 945. The average molecular weight is 368 g/mol. The number of likely N-dealkylation sites (tertiary alicyclic amines) is 1. The molecule has 2 aromatic heterocycles. The molecule has 0 aliphatic carbocycles. The molecule has 4 heterocycles. The first-order chi connectivity index (χ1) is 13.0. The molecule has 4 rings (SSSR count). The quantitative estimate of drug-likeness (QED) is 0.882. The van der Waals surface area contributed by atoms with Gasteiger partial charge in [-0.2, -0.15) is 0 Å². The van der Waals surface area contributed by atoms with Crippen LogP contribution < -0.4 is 10.9 Å². The Labute approximate surface area is 157 Å². The molecule has 7 nitrogen and oxygen atoms in total. The third kappa shape index (κ3) is 3.07. The number of hydrogen-bond acceptors (Lipinski definition) is 3. The largest absolute Gasteiger partial charge is 0.354 e. The molecule has 0 aromatic carbocycles. The number of carbonyl (C=O) groups excluding carboxylic acids is 2. The van der Waals surface area contributed by atoms with Gasteiger partial charge in [0, 0.05) is 57.5 Å². The van der Waals surface area contributed by atoms with Crippen LogP contribution in [0.2, 0.25) is 0 Å². The normalized spacial score (nSPS) is 23.6. The molecule has 27 heavy (non-hydrogen) atoms. The molecule has 0 radical (unpaired) electrons. The Morgan fingerprint density at radius 2 is 2.00 bits per heavy atom. The third-order valence-electron chi connectivity index (χ3n) is 5.81. The monoisotopic (exact) mass is 368 g/mol. The molecular weight excluding hydrogens is 344 g/mol. The maximum absolute atomic E-state index is 13.0. The predicted octanol–water partition coefficient (Wildman–Crippen LogP) is 1.12. The van der Waals surface area contributed by atoms with E-state index in [1.807, 2.05) is 45.5 Å². The van der Waals surface area contributed by atoms with E-state index in [0.717, 1.165) is 12.1 Å². The summed E-state index contributed by atoms with van der Waals surface area (Å²) >= 11 is 0. The van der Waals surface area contributed by atoms with E-state index in [-0.39, 0.29) is 35.3 Å². The second-order valence-electron chi connectivity index (χ2n) is 7.57. The highest BCUT2D eigenvalue weighted by Gasteiger charge is 2.42. The van der Waals surface area contributed by atoms with E-state index in [1.165, 1.54) is 6.92 Å². The summed E-state index contributed by atoms with van der Waals surface area (Å²) in [6.07, 6.45) is 2.79. The van der Waals surface area contributed by atoms with E-state index in [1.54, 1.807) is 12.1 Å². The Hall–Kier alpha value is -2.83. The lowest BCUT2D eigenvalue weighted by Crippen LogP contribution is -2.53. The van der Waals surface area contributed by atoms with Crippen LogP contribution in [0.3, 0.4) is 0 Å². The van der Waals surface area contributed by atoms with Crippen LogP contribution in [0, 0.1) is 5.92 Å². The number of rotatable bonds is 3. The molecule has 2 bridgehead atoms. The van der Waals surface area contributed by atoms with Crippen molar-refractivity contribution in [2.75, 3.05) is 19.6 Å². The smallest absolute Gasteiger partial charge is 0.270 e. The Balaban J connectivity index is 1.69. The molecule has 2 aliphatic heterocycles. The molecule has 2 amide bonds. The first kappa shape index (κ1) is 17.6. The minimum absolute atomic E-state index is 0.0159. The van der Waals surface area contributed by atoms with E-state index < -0.39 is 0 Å². The fourth-order valence-corrected chi connectivity index (χ4v) is 4.56. The fraction of sp³-hybridized carbons (Fsp3) is 0.450. The molecule has 3 atom stereocenters. The molecule has 2 aliphatic rings. The van der Waals surface area contributed by atoms with Gasteiger partial charge in [-0.25, -0.2) is 0 Å². The van der Waals surface area contributed by atoms with Crippen LogP contribution >= 0.6 is 0 Å². The molecule has 0 spiro atoms. The van der Waals surface area contributed by atoms with Gasteiger partial charge in [0.05, 0.1) is 6.04 Å². The van der Waals surface area contributed by atoms with Crippen LogP contribution in [0.4, 0.5) is 0 Å². The second kappa shape index (κ2) is 6.72. The number of hydrogen-bond donors (Lipinski definition) is 1. The summed E-state index contributed by atoms with van der Waals surface area (Å²) < 4.78 is 3.67. The van der Waals surface area contributed by atoms with Crippen molar-refractivity contribution in [2.45, 2.75) is 25.3 Å². The van der Waals surface area contributed by atoms with Gasteiger partial charge in [-0.05, 0) is 30.5 Å². The van der Waals surface area contributed by atoms with Crippen LogP contribution in [0.1, 0.15) is 41.5 Å². The number of pyridine rings is 1. The van der Waals surface area contributed by atoms with E-state index in [4.69, 9.17) is 0 Å². The fourth-order valence-electron chi connectivity index (χ4n) is 4.56. The first-order valence-corrected chi connectivity index (χ1v) is 9.32. The second-order valence-corrected chi connectivity index (χ2v) is 7.57. The first-order valence-electron chi connectivity index (χ1n) is 9.32. The van der Waals surface area contributed by atoms with Gasteiger partial charge in [-0.1, -0.05) is 6.07 Å². The molecule has 0 unspecified atom stereocenters. The Morgan fingerprint density at radius 3 is 2.70 bits per heavy atom. The van der Waals surface area contributed by atoms with Crippen molar-refractivity contribution in [3.8, 4) is 0 Å². The molecule has 1 saturated heterocycles. The zero-order valence-electron chi connectivity index (χ0n) is 15.6. The third-order valence-corrected chi connectivity index (χ3v) is 5.81. The lowest BCUT2D eigenvalue weighted by Gasteiger charge is -2.47. The zero-order chi connectivity index (χ0) is 19.1. The van der Waals surface area contributed by atoms with E-state index in [0.29, 0.717) is 25.3 Å². The van der Waals surface area contributed by atoms with Gasteiger partial charge in [-0.3, -0.25) is 14.4 Å². The van der Waals surface area contributed by atoms with Crippen molar-refractivity contribution in [3.05, 3.63) is 58.3 Å².